The predicted octanol–water partition coefficient (Wildman–Crippen LogP) is 1.18. The number of carbonyl (C=O) groups is 1. The van der Waals surface area contributed by atoms with Gasteiger partial charge < -0.3 is 9.84 Å². The Hall–Kier alpha value is -0.620. The van der Waals surface area contributed by atoms with Gasteiger partial charge in [0.1, 0.15) is 0 Å². The average molecular weight is 266 g/mol. The molecule has 1 unspecified atom stereocenters. The number of sulfone groups is 1. The molecule has 0 spiro atoms. The van der Waals surface area contributed by atoms with Gasteiger partial charge in [-0.15, -0.1) is 0 Å². The molecule has 0 radical (unpaired) electrons. The molecule has 0 rings (SSSR count). The lowest BCUT2D eigenvalue weighted by Crippen LogP contribution is -2.37. The highest BCUT2D eigenvalue weighted by molar-refractivity contribution is 7.92. The third-order valence-electron chi connectivity index (χ3n) is 2.20. The lowest BCUT2D eigenvalue weighted by molar-refractivity contribution is -0.137. The smallest absolute Gasteiger partial charge is 0.322 e. The molecule has 1 atom stereocenters. The van der Waals surface area contributed by atoms with Gasteiger partial charge in [-0.05, 0) is 11.8 Å². The lowest BCUT2D eigenvalue weighted by Gasteiger charge is -2.17. The monoisotopic (exact) mass is 266 g/mol. The minimum absolute atomic E-state index is 0.0526. The molecule has 102 valence electrons. The maximum atomic E-state index is 11.8. The van der Waals surface area contributed by atoms with Crippen molar-refractivity contribution >= 4 is 15.8 Å². The van der Waals surface area contributed by atoms with Gasteiger partial charge in [0.05, 0.1) is 12.4 Å². The fourth-order valence-electron chi connectivity index (χ4n) is 1.47. The highest BCUT2D eigenvalue weighted by Gasteiger charge is 2.34. The number of ether oxygens (including phenoxy) is 1. The van der Waals surface area contributed by atoms with E-state index in [2.05, 4.69) is 0 Å². The van der Waals surface area contributed by atoms with Gasteiger partial charge in [0.25, 0.3) is 0 Å². The van der Waals surface area contributed by atoms with Gasteiger partial charge in [0.15, 0.2) is 15.1 Å². The number of rotatable bonds is 8. The fourth-order valence-corrected chi connectivity index (χ4v) is 3.22. The zero-order valence-electron chi connectivity index (χ0n) is 10.8. The average Bonchev–Trinajstić information content (AvgIpc) is 2.10. The molecule has 0 aromatic rings. The number of aliphatic carboxylic acids is 1. The summed E-state index contributed by atoms with van der Waals surface area (Å²) < 4.78 is 28.8. The van der Waals surface area contributed by atoms with Crippen LogP contribution < -0.4 is 0 Å². The second kappa shape index (κ2) is 6.96. The van der Waals surface area contributed by atoms with Crippen molar-refractivity contribution in [3.05, 3.63) is 0 Å². The summed E-state index contributed by atoms with van der Waals surface area (Å²) >= 11 is 0. The van der Waals surface area contributed by atoms with Crippen LogP contribution in [0.5, 0.6) is 0 Å². The van der Waals surface area contributed by atoms with E-state index < -0.39 is 27.0 Å². The highest BCUT2D eigenvalue weighted by atomic mass is 32.2. The van der Waals surface area contributed by atoms with Crippen LogP contribution in [0.3, 0.4) is 0 Å². The zero-order valence-corrected chi connectivity index (χ0v) is 11.7. The van der Waals surface area contributed by atoms with Crippen molar-refractivity contribution in [2.75, 3.05) is 19.0 Å². The largest absolute Gasteiger partial charge is 0.480 e. The molecule has 6 heteroatoms. The number of hydrogen-bond acceptors (Lipinski definition) is 4. The third kappa shape index (κ3) is 6.02. The molecular formula is C11H22O5S. The van der Waals surface area contributed by atoms with Crippen molar-refractivity contribution in [1.29, 1.82) is 0 Å². The summed E-state index contributed by atoms with van der Waals surface area (Å²) in [5, 5.41) is 7.56. The van der Waals surface area contributed by atoms with Crippen LogP contribution in [-0.4, -0.2) is 43.7 Å². The Labute approximate surface area is 103 Å². The molecule has 5 nitrogen and oxygen atoms in total. The summed E-state index contributed by atoms with van der Waals surface area (Å²) in [5.41, 5.74) is 0. The van der Waals surface area contributed by atoms with Crippen molar-refractivity contribution in [2.24, 2.45) is 11.8 Å². The molecule has 0 saturated carbocycles. The summed E-state index contributed by atoms with van der Waals surface area (Å²) in [4.78, 5) is 10.9. The van der Waals surface area contributed by atoms with Crippen molar-refractivity contribution in [3.8, 4) is 0 Å². The van der Waals surface area contributed by atoms with E-state index in [-0.39, 0.29) is 12.4 Å². The van der Waals surface area contributed by atoms with E-state index in [0.717, 1.165) is 0 Å². The van der Waals surface area contributed by atoms with Crippen LogP contribution in [0.2, 0.25) is 0 Å². The quantitative estimate of drug-likeness (QED) is 0.667. The zero-order chi connectivity index (χ0) is 13.6. The van der Waals surface area contributed by atoms with Crippen LogP contribution in [-0.2, 0) is 19.4 Å². The molecular weight excluding hydrogens is 244 g/mol. The van der Waals surface area contributed by atoms with E-state index in [1.165, 1.54) is 0 Å². The number of hydrogen-bond donors (Lipinski definition) is 1. The van der Waals surface area contributed by atoms with Gasteiger partial charge in [0, 0.05) is 6.61 Å². The second-order valence-electron chi connectivity index (χ2n) is 4.84. The molecule has 0 saturated heterocycles. The van der Waals surface area contributed by atoms with E-state index in [4.69, 9.17) is 9.84 Å². The van der Waals surface area contributed by atoms with Gasteiger partial charge in [-0.3, -0.25) is 4.79 Å². The molecule has 0 aliphatic heterocycles. The van der Waals surface area contributed by atoms with E-state index in [9.17, 15) is 13.2 Å². The van der Waals surface area contributed by atoms with Crippen LogP contribution in [0.4, 0.5) is 0 Å². The maximum Gasteiger partial charge on any atom is 0.322 e. The van der Waals surface area contributed by atoms with Crippen LogP contribution in [0, 0.1) is 11.8 Å². The van der Waals surface area contributed by atoms with Gasteiger partial charge >= 0.3 is 5.97 Å². The molecule has 17 heavy (non-hydrogen) atoms. The van der Waals surface area contributed by atoms with Crippen molar-refractivity contribution < 1.29 is 23.1 Å². The number of carboxylic acids is 1. The Morgan fingerprint density at radius 1 is 1.24 bits per heavy atom. The predicted molar refractivity (Wildman–Crippen MR) is 65.7 cm³/mol. The Morgan fingerprint density at radius 2 is 1.76 bits per heavy atom. The SMILES string of the molecule is CC(C)COCCS(=O)(=O)C(C(=O)O)C(C)C. The number of carboxylic acid groups (broad SMARTS) is 1. The first-order valence-corrected chi connectivity index (χ1v) is 7.42. The van der Waals surface area contributed by atoms with Gasteiger partial charge in [-0.2, -0.15) is 0 Å². The fraction of sp³-hybridized carbons (Fsp3) is 0.909. The van der Waals surface area contributed by atoms with Crippen molar-refractivity contribution in [2.45, 2.75) is 32.9 Å². The Morgan fingerprint density at radius 3 is 2.12 bits per heavy atom. The first kappa shape index (κ1) is 16.4. The van der Waals surface area contributed by atoms with E-state index in [0.29, 0.717) is 12.5 Å². The van der Waals surface area contributed by atoms with Crippen molar-refractivity contribution in [1.82, 2.24) is 0 Å². The topological polar surface area (TPSA) is 80.7 Å². The Bertz CT molecular complexity index is 332. The Balaban J connectivity index is 4.40. The summed E-state index contributed by atoms with van der Waals surface area (Å²) in [6.45, 7) is 7.63. The molecule has 0 aromatic heterocycles. The van der Waals surface area contributed by atoms with Crippen LogP contribution in [0.15, 0.2) is 0 Å². The molecule has 0 aromatic carbocycles. The first-order valence-electron chi connectivity index (χ1n) is 5.70. The Kier molecular flexibility index (Phi) is 6.70. The normalized spacial score (nSPS) is 14.2. The van der Waals surface area contributed by atoms with E-state index in [1.54, 1.807) is 13.8 Å². The summed E-state index contributed by atoms with van der Waals surface area (Å²) in [6.07, 6.45) is 0. The lowest BCUT2D eigenvalue weighted by atomic mass is 10.1. The summed E-state index contributed by atoms with van der Waals surface area (Å²) in [6, 6.07) is 0. The highest BCUT2D eigenvalue weighted by Crippen LogP contribution is 2.13. The van der Waals surface area contributed by atoms with Crippen LogP contribution >= 0.6 is 0 Å². The van der Waals surface area contributed by atoms with Crippen LogP contribution in [0.1, 0.15) is 27.7 Å². The molecule has 0 amide bonds. The van der Waals surface area contributed by atoms with E-state index in [1.807, 2.05) is 13.8 Å². The molecule has 1 N–H and O–H groups in total. The van der Waals surface area contributed by atoms with Gasteiger partial charge in [0.2, 0.25) is 0 Å². The minimum atomic E-state index is -3.64. The molecule has 0 bridgehead atoms. The molecule has 0 heterocycles. The molecule has 0 fully saturated rings. The van der Waals surface area contributed by atoms with Crippen LogP contribution in [0.25, 0.3) is 0 Å². The standard InChI is InChI=1S/C11H22O5S/c1-8(2)7-16-5-6-17(14,15)10(9(3)4)11(12)13/h8-10H,5-7H2,1-4H3,(H,12,13). The van der Waals surface area contributed by atoms with Crippen molar-refractivity contribution in [3.63, 3.8) is 0 Å². The van der Waals surface area contributed by atoms with Gasteiger partial charge in [-0.25, -0.2) is 8.42 Å². The third-order valence-corrected chi connectivity index (χ3v) is 4.45. The maximum absolute atomic E-state index is 11.8. The summed E-state index contributed by atoms with van der Waals surface area (Å²) in [5.74, 6) is -1.64. The molecule has 0 aliphatic rings. The van der Waals surface area contributed by atoms with Gasteiger partial charge in [-0.1, -0.05) is 27.7 Å². The summed E-state index contributed by atoms with van der Waals surface area (Å²) in [7, 11) is -3.64. The first-order chi connectivity index (χ1) is 7.68. The minimum Gasteiger partial charge on any atom is -0.480 e. The molecule has 0 aliphatic carbocycles. The van der Waals surface area contributed by atoms with E-state index >= 15 is 0 Å². The second-order valence-corrected chi connectivity index (χ2v) is 7.08.